The topological polar surface area (TPSA) is 55.0 Å². The average molecular weight is 276 g/mol. The lowest BCUT2D eigenvalue weighted by Gasteiger charge is -2.22. The van der Waals surface area contributed by atoms with E-state index in [-0.39, 0.29) is 0 Å². The first-order valence-electron chi connectivity index (χ1n) is 6.96. The molecule has 0 bridgehead atoms. The fourth-order valence-electron chi connectivity index (χ4n) is 3.52. The number of thiocarbonyl (C=S) groups is 1. The minimum absolute atomic E-state index is 0.433. The first-order chi connectivity index (χ1) is 9.08. The van der Waals surface area contributed by atoms with Crippen LogP contribution in [0.4, 0.5) is 5.82 Å². The van der Waals surface area contributed by atoms with Gasteiger partial charge in [-0.05, 0) is 44.1 Å². The van der Waals surface area contributed by atoms with Gasteiger partial charge in [0.25, 0.3) is 0 Å². The zero-order valence-electron chi connectivity index (χ0n) is 11.5. The maximum Gasteiger partial charge on any atom is 0.161 e. The molecule has 1 saturated carbocycles. The van der Waals surface area contributed by atoms with Crippen molar-refractivity contribution >= 4 is 23.0 Å². The van der Waals surface area contributed by atoms with Gasteiger partial charge in [0.1, 0.15) is 4.99 Å². The van der Waals surface area contributed by atoms with Crippen molar-refractivity contribution in [3.8, 4) is 0 Å². The van der Waals surface area contributed by atoms with E-state index in [0.717, 1.165) is 47.6 Å². The van der Waals surface area contributed by atoms with Crippen LogP contribution >= 0.6 is 12.2 Å². The molecule has 1 aromatic rings. The van der Waals surface area contributed by atoms with Crippen LogP contribution in [0.3, 0.4) is 0 Å². The molecule has 1 aromatic heterocycles. The van der Waals surface area contributed by atoms with Gasteiger partial charge < -0.3 is 10.6 Å². The zero-order chi connectivity index (χ0) is 13.6. The molecule has 19 heavy (non-hydrogen) atoms. The lowest BCUT2D eigenvalue weighted by atomic mass is 10.0. The lowest BCUT2D eigenvalue weighted by molar-refractivity contribution is 0.494. The smallest absolute Gasteiger partial charge is 0.161 e. The highest BCUT2D eigenvalue weighted by Gasteiger charge is 2.37. The van der Waals surface area contributed by atoms with Crippen molar-refractivity contribution < 1.29 is 0 Å². The van der Waals surface area contributed by atoms with Crippen LogP contribution in [-0.2, 0) is 0 Å². The Morgan fingerprint density at radius 1 is 1.21 bits per heavy atom. The Morgan fingerprint density at radius 2 is 1.84 bits per heavy atom. The van der Waals surface area contributed by atoms with E-state index < -0.39 is 0 Å². The van der Waals surface area contributed by atoms with E-state index in [0.29, 0.717) is 4.99 Å². The summed E-state index contributed by atoms with van der Waals surface area (Å²) in [7, 11) is 0. The first kappa shape index (κ1) is 12.8. The SMILES string of the molecule is Cc1nnc(N2CC3CCCC3C2)c(C(N)=S)c1C. The number of anilines is 1. The third-order valence-corrected chi connectivity index (χ3v) is 4.91. The minimum atomic E-state index is 0.433. The summed E-state index contributed by atoms with van der Waals surface area (Å²) in [4.78, 5) is 2.77. The van der Waals surface area contributed by atoms with Crippen LogP contribution in [-0.4, -0.2) is 28.3 Å². The first-order valence-corrected chi connectivity index (χ1v) is 7.37. The van der Waals surface area contributed by atoms with E-state index in [9.17, 15) is 0 Å². The standard InChI is InChI=1S/C14H20N4S/c1-8-9(2)16-17-14(12(8)13(15)19)18-6-10-4-3-5-11(10)7-18/h10-11H,3-7H2,1-2H3,(H2,15,19). The van der Waals surface area contributed by atoms with Crippen molar-refractivity contribution in [1.29, 1.82) is 0 Å². The van der Waals surface area contributed by atoms with Gasteiger partial charge in [0.15, 0.2) is 5.82 Å². The second kappa shape index (κ2) is 4.71. The molecule has 2 heterocycles. The number of rotatable bonds is 2. The second-order valence-electron chi connectivity index (χ2n) is 5.83. The fraction of sp³-hybridized carbons (Fsp3) is 0.643. The molecule has 5 heteroatoms. The number of hydrogen-bond acceptors (Lipinski definition) is 4. The Labute approximate surface area is 119 Å². The Bertz CT molecular complexity index is 516. The van der Waals surface area contributed by atoms with Crippen LogP contribution in [0, 0.1) is 25.7 Å². The summed E-state index contributed by atoms with van der Waals surface area (Å²) < 4.78 is 0. The van der Waals surface area contributed by atoms with Crippen LogP contribution < -0.4 is 10.6 Å². The van der Waals surface area contributed by atoms with Crippen molar-refractivity contribution in [1.82, 2.24) is 10.2 Å². The molecular formula is C14H20N4S. The van der Waals surface area contributed by atoms with Crippen LogP contribution in [0.25, 0.3) is 0 Å². The second-order valence-corrected chi connectivity index (χ2v) is 6.27. The number of nitrogens with two attached hydrogens (primary N) is 1. The third-order valence-electron chi connectivity index (χ3n) is 4.71. The molecule has 0 radical (unpaired) electrons. The Kier molecular flexibility index (Phi) is 3.17. The summed E-state index contributed by atoms with van der Waals surface area (Å²) >= 11 is 5.22. The summed E-state index contributed by atoms with van der Waals surface area (Å²) in [6.07, 6.45) is 4.08. The molecule has 0 aromatic carbocycles. The third kappa shape index (κ3) is 2.10. The van der Waals surface area contributed by atoms with Crippen molar-refractivity contribution in [2.24, 2.45) is 17.6 Å². The summed E-state index contributed by atoms with van der Waals surface area (Å²) in [5, 5.41) is 8.63. The van der Waals surface area contributed by atoms with Gasteiger partial charge in [-0.2, -0.15) is 5.10 Å². The molecule has 0 spiro atoms. The molecule has 2 N–H and O–H groups in total. The van der Waals surface area contributed by atoms with E-state index in [2.05, 4.69) is 15.1 Å². The molecule has 1 aliphatic heterocycles. The predicted molar refractivity (Wildman–Crippen MR) is 80.4 cm³/mol. The van der Waals surface area contributed by atoms with E-state index in [1.807, 2.05) is 13.8 Å². The molecule has 2 fully saturated rings. The molecular weight excluding hydrogens is 256 g/mol. The van der Waals surface area contributed by atoms with E-state index in [4.69, 9.17) is 18.0 Å². The maximum atomic E-state index is 5.90. The summed E-state index contributed by atoms with van der Waals surface area (Å²) in [6, 6.07) is 0. The molecule has 1 saturated heterocycles. The zero-order valence-corrected chi connectivity index (χ0v) is 12.3. The van der Waals surface area contributed by atoms with Crippen molar-refractivity contribution in [3.63, 3.8) is 0 Å². The molecule has 2 unspecified atom stereocenters. The van der Waals surface area contributed by atoms with Gasteiger partial charge in [-0.3, -0.25) is 0 Å². The number of nitrogens with zero attached hydrogens (tertiary/aromatic N) is 3. The van der Waals surface area contributed by atoms with Gasteiger partial charge in [-0.1, -0.05) is 18.6 Å². The molecule has 3 rings (SSSR count). The van der Waals surface area contributed by atoms with Crippen molar-refractivity contribution in [2.45, 2.75) is 33.1 Å². The molecule has 1 aliphatic carbocycles. The summed E-state index contributed by atoms with van der Waals surface area (Å²) in [6.45, 7) is 6.14. The van der Waals surface area contributed by atoms with Crippen LogP contribution in [0.2, 0.25) is 0 Å². The molecule has 2 atom stereocenters. The Hall–Kier alpha value is -1.23. The lowest BCUT2D eigenvalue weighted by Crippen LogP contribution is -2.27. The monoisotopic (exact) mass is 276 g/mol. The summed E-state index contributed by atoms with van der Waals surface area (Å²) in [5.41, 5.74) is 8.80. The summed E-state index contributed by atoms with van der Waals surface area (Å²) in [5.74, 6) is 2.54. The Balaban J connectivity index is 1.97. The van der Waals surface area contributed by atoms with Gasteiger partial charge >= 0.3 is 0 Å². The highest BCUT2D eigenvalue weighted by atomic mass is 32.1. The van der Waals surface area contributed by atoms with Gasteiger partial charge in [-0.15, -0.1) is 5.10 Å². The highest BCUT2D eigenvalue weighted by Crippen LogP contribution is 2.40. The number of fused-ring (bicyclic) bond motifs is 1. The van der Waals surface area contributed by atoms with E-state index >= 15 is 0 Å². The number of aryl methyl sites for hydroxylation is 1. The largest absolute Gasteiger partial charge is 0.389 e. The quantitative estimate of drug-likeness (QED) is 0.837. The fourth-order valence-corrected chi connectivity index (χ4v) is 3.76. The molecule has 2 aliphatic rings. The maximum absolute atomic E-state index is 5.90. The van der Waals surface area contributed by atoms with E-state index in [1.54, 1.807) is 0 Å². The number of aromatic nitrogens is 2. The van der Waals surface area contributed by atoms with Crippen molar-refractivity contribution in [3.05, 3.63) is 16.8 Å². The van der Waals surface area contributed by atoms with Gasteiger partial charge in [0.2, 0.25) is 0 Å². The molecule has 4 nitrogen and oxygen atoms in total. The molecule has 102 valence electrons. The normalized spacial score (nSPS) is 25.7. The van der Waals surface area contributed by atoms with Crippen LogP contribution in [0.1, 0.15) is 36.1 Å². The van der Waals surface area contributed by atoms with Gasteiger partial charge in [0, 0.05) is 13.1 Å². The average Bonchev–Trinajstić information content (AvgIpc) is 2.92. The molecule has 0 amide bonds. The van der Waals surface area contributed by atoms with Gasteiger partial charge in [-0.25, -0.2) is 0 Å². The van der Waals surface area contributed by atoms with Crippen LogP contribution in [0.15, 0.2) is 0 Å². The van der Waals surface area contributed by atoms with Crippen molar-refractivity contribution in [2.75, 3.05) is 18.0 Å². The van der Waals surface area contributed by atoms with E-state index in [1.165, 1.54) is 19.3 Å². The number of hydrogen-bond donors (Lipinski definition) is 1. The highest BCUT2D eigenvalue weighted by molar-refractivity contribution is 7.80. The Morgan fingerprint density at radius 3 is 2.42 bits per heavy atom. The van der Waals surface area contributed by atoms with Gasteiger partial charge in [0.05, 0.1) is 11.3 Å². The minimum Gasteiger partial charge on any atom is -0.389 e. The van der Waals surface area contributed by atoms with Crippen LogP contribution in [0.5, 0.6) is 0 Å². The predicted octanol–water partition coefficient (Wildman–Crippen LogP) is 1.96.